The topological polar surface area (TPSA) is 96.7 Å². The molecular weight excluding hydrogens is 358 g/mol. The Bertz CT molecular complexity index is 1170. The number of carbonyl (C=O) groups is 3. The predicted molar refractivity (Wildman–Crippen MR) is 99.2 cm³/mol. The standard InChI is InChI=1S/C20H17N5O3/c1-11-22-18(16-9-21-6-7-24(11)16)12-2-3-14-13(8-12)10-25(20(14)28)15-4-5-17(26)23-19(15)27/h2-3,6-9,15H,4-5,10H2,1H3,(H,23,26,27). The van der Waals surface area contributed by atoms with Crippen molar-refractivity contribution in [1.82, 2.24) is 24.6 Å². The van der Waals surface area contributed by atoms with Crippen LogP contribution in [-0.2, 0) is 16.1 Å². The molecule has 1 saturated heterocycles. The lowest BCUT2D eigenvalue weighted by atomic mass is 10.0. The van der Waals surface area contributed by atoms with Gasteiger partial charge in [0.25, 0.3) is 5.91 Å². The Balaban J connectivity index is 1.51. The second kappa shape index (κ2) is 5.98. The summed E-state index contributed by atoms with van der Waals surface area (Å²) in [6, 6.07) is 5.00. The number of imide groups is 1. The number of hydrogen-bond acceptors (Lipinski definition) is 5. The van der Waals surface area contributed by atoms with Crippen LogP contribution in [0.5, 0.6) is 0 Å². The molecule has 8 heteroatoms. The molecule has 5 rings (SSSR count). The van der Waals surface area contributed by atoms with Crippen LogP contribution in [0.25, 0.3) is 16.8 Å². The molecule has 0 radical (unpaired) electrons. The van der Waals surface area contributed by atoms with Crippen molar-refractivity contribution in [2.75, 3.05) is 0 Å². The third-order valence-electron chi connectivity index (χ3n) is 5.42. The lowest BCUT2D eigenvalue weighted by Gasteiger charge is -2.29. The molecule has 0 aliphatic carbocycles. The van der Waals surface area contributed by atoms with Crippen molar-refractivity contribution in [3.8, 4) is 11.3 Å². The normalized spacial score (nSPS) is 19.2. The lowest BCUT2D eigenvalue weighted by Crippen LogP contribution is -2.52. The number of amides is 3. The average molecular weight is 375 g/mol. The highest BCUT2D eigenvalue weighted by molar-refractivity contribution is 6.05. The molecule has 2 aromatic heterocycles. The first-order valence-corrected chi connectivity index (χ1v) is 9.09. The van der Waals surface area contributed by atoms with Crippen LogP contribution in [0.1, 0.15) is 34.6 Å². The summed E-state index contributed by atoms with van der Waals surface area (Å²) in [5.74, 6) is -0.0134. The molecule has 28 heavy (non-hydrogen) atoms. The van der Waals surface area contributed by atoms with Crippen molar-refractivity contribution < 1.29 is 14.4 Å². The quantitative estimate of drug-likeness (QED) is 0.684. The van der Waals surface area contributed by atoms with E-state index in [0.717, 1.165) is 28.2 Å². The summed E-state index contributed by atoms with van der Waals surface area (Å²) in [5.41, 5.74) is 4.04. The third kappa shape index (κ3) is 2.41. The molecule has 2 aliphatic heterocycles. The zero-order chi connectivity index (χ0) is 19.4. The van der Waals surface area contributed by atoms with E-state index in [2.05, 4.69) is 15.3 Å². The van der Waals surface area contributed by atoms with Gasteiger partial charge in [-0.3, -0.25) is 24.7 Å². The van der Waals surface area contributed by atoms with E-state index >= 15 is 0 Å². The smallest absolute Gasteiger partial charge is 0.255 e. The van der Waals surface area contributed by atoms with E-state index < -0.39 is 11.9 Å². The molecule has 2 aliphatic rings. The largest absolute Gasteiger partial charge is 0.322 e. The van der Waals surface area contributed by atoms with Gasteiger partial charge in [0.15, 0.2) is 0 Å². The number of carbonyl (C=O) groups excluding carboxylic acids is 3. The maximum Gasteiger partial charge on any atom is 0.255 e. The minimum Gasteiger partial charge on any atom is -0.322 e. The number of nitrogens with zero attached hydrogens (tertiary/aromatic N) is 4. The van der Waals surface area contributed by atoms with Crippen LogP contribution in [0, 0.1) is 6.92 Å². The van der Waals surface area contributed by atoms with Crippen molar-refractivity contribution in [2.24, 2.45) is 0 Å². The Kier molecular flexibility index (Phi) is 3.55. The Hall–Kier alpha value is -3.55. The van der Waals surface area contributed by atoms with Crippen molar-refractivity contribution in [1.29, 1.82) is 0 Å². The van der Waals surface area contributed by atoms with Crippen LogP contribution in [0.2, 0.25) is 0 Å². The molecule has 3 aromatic rings. The molecule has 1 N–H and O–H groups in total. The average Bonchev–Trinajstić information content (AvgIpc) is 3.19. The molecule has 1 fully saturated rings. The van der Waals surface area contributed by atoms with Crippen LogP contribution >= 0.6 is 0 Å². The number of rotatable bonds is 2. The fourth-order valence-electron chi connectivity index (χ4n) is 4.03. The summed E-state index contributed by atoms with van der Waals surface area (Å²) in [4.78, 5) is 46.8. The molecule has 0 saturated carbocycles. The van der Waals surface area contributed by atoms with Gasteiger partial charge in [-0.05, 0) is 31.0 Å². The first kappa shape index (κ1) is 16.6. The molecular formula is C20H17N5O3. The summed E-state index contributed by atoms with van der Waals surface area (Å²) < 4.78 is 1.97. The molecule has 3 amide bonds. The fourth-order valence-corrected chi connectivity index (χ4v) is 4.03. The van der Waals surface area contributed by atoms with Crippen molar-refractivity contribution in [3.63, 3.8) is 0 Å². The predicted octanol–water partition coefficient (Wildman–Crippen LogP) is 1.47. The molecule has 0 bridgehead atoms. The van der Waals surface area contributed by atoms with Crippen molar-refractivity contribution in [3.05, 3.63) is 53.7 Å². The summed E-state index contributed by atoms with van der Waals surface area (Å²) in [6.45, 7) is 2.27. The molecule has 140 valence electrons. The SMILES string of the molecule is Cc1nc(-c2ccc3c(c2)CN(C2CCC(=O)NC2=O)C3=O)c2cnccn12. The molecule has 1 aromatic carbocycles. The number of nitrogens with one attached hydrogen (secondary N) is 1. The number of piperidine rings is 1. The number of aromatic nitrogens is 3. The molecule has 1 atom stereocenters. The van der Waals surface area contributed by atoms with Gasteiger partial charge in [0, 0.05) is 36.5 Å². The number of fused-ring (bicyclic) bond motifs is 2. The number of aryl methyl sites for hydroxylation is 1. The second-order valence-electron chi connectivity index (χ2n) is 7.11. The van der Waals surface area contributed by atoms with Crippen LogP contribution in [-0.4, -0.2) is 43.0 Å². The lowest BCUT2D eigenvalue weighted by molar-refractivity contribution is -0.136. The van der Waals surface area contributed by atoms with E-state index in [1.807, 2.05) is 29.7 Å². The summed E-state index contributed by atoms with van der Waals surface area (Å²) >= 11 is 0. The summed E-state index contributed by atoms with van der Waals surface area (Å²) in [5, 5.41) is 2.32. The molecule has 1 unspecified atom stereocenters. The van der Waals surface area contributed by atoms with Gasteiger partial charge in [-0.2, -0.15) is 0 Å². The van der Waals surface area contributed by atoms with Crippen molar-refractivity contribution in [2.45, 2.75) is 32.4 Å². The van der Waals surface area contributed by atoms with E-state index in [9.17, 15) is 14.4 Å². The van der Waals surface area contributed by atoms with Gasteiger partial charge >= 0.3 is 0 Å². The van der Waals surface area contributed by atoms with E-state index in [-0.39, 0.29) is 18.2 Å². The number of hydrogen-bond donors (Lipinski definition) is 1. The zero-order valence-electron chi connectivity index (χ0n) is 15.2. The van der Waals surface area contributed by atoms with Gasteiger partial charge in [-0.15, -0.1) is 0 Å². The van der Waals surface area contributed by atoms with E-state index in [1.165, 1.54) is 0 Å². The maximum atomic E-state index is 12.8. The van der Waals surface area contributed by atoms with E-state index in [1.54, 1.807) is 23.4 Å². The Morgan fingerprint density at radius 2 is 2.07 bits per heavy atom. The van der Waals surface area contributed by atoms with Gasteiger partial charge in [-0.25, -0.2) is 4.98 Å². The van der Waals surface area contributed by atoms with Crippen LogP contribution in [0.15, 0.2) is 36.8 Å². The minimum atomic E-state index is -0.610. The number of benzene rings is 1. The first-order chi connectivity index (χ1) is 13.5. The van der Waals surface area contributed by atoms with Gasteiger partial charge in [0.05, 0.1) is 17.4 Å². The Morgan fingerprint density at radius 3 is 2.89 bits per heavy atom. The Morgan fingerprint density at radius 1 is 1.21 bits per heavy atom. The van der Waals surface area contributed by atoms with Gasteiger partial charge in [0.1, 0.15) is 11.9 Å². The maximum absolute atomic E-state index is 12.8. The van der Waals surface area contributed by atoms with Crippen LogP contribution in [0.4, 0.5) is 0 Å². The zero-order valence-corrected chi connectivity index (χ0v) is 15.2. The van der Waals surface area contributed by atoms with Gasteiger partial charge < -0.3 is 9.30 Å². The minimum absolute atomic E-state index is 0.177. The third-order valence-corrected chi connectivity index (χ3v) is 5.42. The molecule has 4 heterocycles. The fraction of sp³-hybridized carbons (Fsp3) is 0.250. The summed E-state index contributed by atoms with van der Waals surface area (Å²) in [7, 11) is 0. The summed E-state index contributed by atoms with van der Waals surface area (Å²) in [6.07, 6.45) is 5.94. The van der Waals surface area contributed by atoms with Gasteiger partial charge in [0.2, 0.25) is 11.8 Å². The first-order valence-electron chi connectivity index (χ1n) is 9.09. The molecule has 8 nitrogen and oxygen atoms in total. The molecule has 0 spiro atoms. The van der Waals surface area contributed by atoms with Crippen LogP contribution < -0.4 is 5.32 Å². The van der Waals surface area contributed by atoms with E-state index in [4.69, 9.17) is 0 Å². The van der Waals surface area contributed by atoms with Gasteiger partial charge in [-0.1, -0.05) is 6.07 Å². The monoisotopic (exact) mass is 375 g/mol. The second-order valence-corrected chi connectivity index (χ2v) is 7.11. The van der Waals surface area contributed by atoms with Crippen LogP contribution in [0.3, 0.4) is 0 Å². The van der Waals surface area contributed by atoms with E-state index in [0.29, 0.717) is 18.5 Å². The highest BCUT2D eigenvalue weighted by atomic mass is 16.2. The van der Waals surface area contributed by atoms with Crippen molar-refractivity contribution >= 4 is 23.2 Å². The number of imidazole rings is 1. The highest BCUT2D eigenvalue weighted by Gasteiger charge is 2.39. The highest BCUT2D eigenvalue weighted by Crippen LogP contribution is 2.32. The Labute approximate surface area is 160 Å².